The predicted octanol–water partition coefficient (Wildman–Crippen LogP) is 3.69. The van der Waals surface area contributed by atoms with Crippen LogP contribution in [0.25, 0.3) is 0 Å². The molecule has 0 N–H and O–H groups in total. The van der Waals surface area contributed by atoms with Gasteiger partial charge in [0, 0.05) is 12.6 Å². The zero-order chi connectivity index (χ0) is 12.3. The van der Waals surface area contributed by atoms with Crippen molar-refractivity contribution in [3.8, 4) is 0 Å². The summed E-state index contributed by atoms with van der Waals surface area (Å²) >= 11 is 6.23. The summed E-state index contributed by atoms with van der Waals surface area (Å²) in [6.07, 6.45) is 5.20. The van der Waals surface area contributed by atoms with Gasteiger partial charge in [-0.05, 0) is 44.4 Å². The highest BCUT2D eigenvalue weighted by Gasteiger charge is 2.20. The Kier molecular flexibility index (Phi) is 3.82. The first-order chi connectivity index (χ1) is 8.22. The number of aliphatic imine (C=N–C) groups is 1. The fourth-order valence-electron chi connectivity index (χ4n) is 2.31. The fourth-order valence-corrected chi connectivity index (χ4v) is 2.59. The van der Waals surface area contributed by atoms with E-state index in [4.69, 9.17) is 11.6 Å². The highest BCUT2D eigenvalue weighted by Crippen LogP contribution is 2.33. The van der Waals surface area contributed by atoms with Gasteiger partial charge in [0.2, 0.25) is 6.08 Å². The molecule has 17 heavy (non-hydrogen) atoms. The third kappa shape index (κ3) is 2.68. The molecular weight excluding hydrogens is 236 g/mol. The van der Waals surface area contributed by atoms with E-state index < -0.39 is 0 Å². The van der Waals surface area contributed by atoms with E-state index in [2.05, 4.69) is 16.8 Å². The van der Waals surface area contributed by atoms with E-state index >= 15 is 0 Å². The Morgan fingerprint density at radius 2 is 2.29 bits per heavy atom. The van der Waals surface area contributed by atoms with E-state index in [9.17, 15) is 4.79 Å². The van der Waals surface area contributed by atoms with Crippen molar-refractivity contribution in [1.82, 2.24) is 0 Å². The summed E-state index contributed by atoms with van der Waals surface area (Å²) in [6, 6.07) is 5.96. The summed E-state index contributed by atoms with van der Waals surface area (Å²) in [5.41, 5.74) is 1.59. The lowest BCUT2D eigenvalue weighted by Crippen LogP contribution is -2.37. The molecule has 4 heteroatoms. The van der Waals surface area contributed by atoms with Gasteiger partial charge in [0.25, 0.3) is 0 Å². The SMILES string of the molecule is CC1CCCCN1c1ccc(N=C=O)cc1Cl. The number of piperidine rings is 1. The molecule has 1 aliphatic heterocycles. The van der Waals surface area contributed by atoms with Crippen molar-refractivity contribution < 1.29 is 4.79 Å². The topological polar surface area (TPSA) is 32.7 Å². The molecule has 1 aliphatic rings. The molecule has 90 valence electrons. The summed E-state index contributed by atoms with van der Waals surface area (Å²) in [5, 5.41) is 0.648. The van der Waals surface area contributed by atoms with E-state index in [1.54, 1.807) is 12.1 Å². The van der Waals surface area contributed by atoms with Crippen molar-refractivity contribution in [2.24, 2.45) is 4.99 Å². The molecule has 2 rings (SSSR count). The molecule has 1 saturated heterocycles. The number of nitrogens with zero attached hydrogens (tertiary/aromatic N) is 2. The molecule has 3 nitrogen and oxygen atoms in total. The molecule has 1 heterocycles. The minimum absolute atomic E-state index is 0.515. The Morgan fingerprint density at radius 3 is 2.94 bits per heavy atom. The lowest BCUT2D eigenvalue weighted by Gasteiger charge is -2.36. The first kappa shape index (κ1) is 12.2. The van der Waals surface area contributed by atoms with Crippen molar-refractivity contribution in [2.45, 2.75) is 32.2 Å². The van der Waals surface area contributed by atoms with Crippen LogP contribution in [0, 0.1) is 0 Å². The average molecular weight is 251 g/mol. The van der Waals surface area contributed by atoms with Gasteiger partial charge in [-0.2, -0.15) is 4.99 Å². The smallest absolute Gasteiger partial charge is 0.240 e. The Labute approximate surface area is 106 Å². The molecule has 1 fully saturated rings. The number of rotatable bonds is 2. The monoisotopic (exact) mass is 250 g/mol. The summed E-state index contributed by atoms with van der Waals surface area (Å²) in [4.78, 5) is 16.1. The number of hydrogen-bond acceptors (Lipinski definition) is 3. The summed E-state index contributed by atoms with van der Waals surface area (Å²) < 4.78 is 0. The van der Waals surface area contributed by atoms with Crippen molar-refractivity contribution in [3.63, 3.8) is 0 Å². The maximum atomic E-state index is 10.2. The Bertz CT molecular complexity index is 455. The molecule has 1 unspecified atom stereocenters. The lowest BCUT2D eigenvalue weighted by atomic mass is 10.0. The molecule has 0 spiro atoms. The van der Waals surface area contributed by atoms with Gasteiger partial charge in [-0.3, -0.25) is 0 Å². The van der Waals surface area contributed by atoms with E-state index in [0.29, 0.717) is 16.8 Å². The van der Waals surface area contributed by atoms with E-state index in [1.807, 2.05) is 6.07 Å². The molecule has 1 aromatic rings. The van der Waals surface area contributed by atoms with Crippen LogP contribution < -0.4 is 4.90 Å². The molecule has 1 atom stereocenters. The van der Waals surface area contributed by atoms with E-state index in [-0.39, 0.29) is 0 Å². The Balaban J connectivity index is 2.29. The second kappa shape index (κ2) is 5.35. The van der Waals surface area contributed by atoms with Crippen LogP contribution in [0.1, 0.15) is 26.2 Å². The van der Waals surface area contributed by atoms with Crippen LogP contribution in [0.2, 0.25) is 5.02 Å². The van der Waals surface area contributed by atoms with Gasteiger partial charge >= 0.3 is 0 Å². The highest BCUT2D eigenvalue weighted by molar-refractivity contribution is 6.33. The normalized spacial score (nSPS) is 19.9. The molecule has 0 saturated carbocycles. The maximum absolute atomic E-state index is 10.2. The Morgan fingerprint density at radius 1 is 1.47 bits per heavy atom. The summed E-state index contributed by atoms with van der Waals surface area (Å²) in [6.45, 7) is 3.25. The minimum atomic E-state index is 0.515. The zero-order valence-electron chi connectivity index (χ0n) is 9.82. The predicted molar refractivity (Wildman–Crippen MR) is 69.9 cm³/mol. The van der Waals surface area contributed by atoms with Crippen LogP contribution in [0.5, 0.6) is 0 Å². The molecule has 0 aliphatic carbocycles. The number of carbonyl (C=O) groups excluding carboxylic acids is 1. The molecule has 0 bridgehead atoms. The molecule has 0 aromatic heterocycles. The second-order valence-corrected chi connectivity index (χ2v) is 4.78. The van der Waals surface area contributed by atoms with Crippen LogP contribution in [0.3, 0.4) is 0 Å². The number of hydrogen-bond donors (Lipinski definition) is 0. The van der Waals surface area contributed by atoms with Gasteiger partial charge in [0.15, 0.2) is 0 Å². The molecule has 0 radical (unpaired) electrons. The highest BCUT2D eigenvalue weighted by atomic mass is 35.5. The van der Waals surface area contributed by atoms with Crippen LogP contribution in [0.15, 0.2) is 23.2 Å². The first-order valence-corrected chi connectivity index (χ1v) is 6.24. The number of isocyanates is 1. The number of anilines is 1. The quantitative estimate of drug-likeness (QED) is 0.592. The van der Waals surface area contributed by atoms with Crippen LogP contribution in [-0.2, 0) is 4.79 Å². The van der Waals surface area contributed by atoms with E-state index in [0.717, 1.165) is 12.2 Å². The largest absolute Gasteiger partial charge is 0.368 e. The van der Waals surface area contributed by atoms with Crippen LogP contribution >= 0.6 is 11.6 Å². The third-order valence-electron chi connectivity index (χ3n) is 3.22. The standard InChI is InChI=1S/C13H15ClN2O/c1-10-4-2-3-7-16(10)13-6-5-11(15-9-17)8-12(13)14/h5-6,8,10H,2-4,7H2,1H3. The molecular formula is C13H15ClN2O. The van der Waals surface area contributed by atoms with E-state index in [1.165, 1.54) is 25.3 Å². The second-order valence-electron chi connectivity index (χ2n) is 4.38. The van der Waals surface area contributed by atoms with Gasteiger partial charge in [0.1, 0.15) is 0 Å². The number of halogens is 1. The first-order valence-electron chi connectivity index (χ1n) is 5.86. The summed E-state index contributed by atoms with van der Waals surface area (Å²) in [7, 11) is 0. The minimum Gasteiger partial charge on any atom is -0.368 e. The lowest BCUT2D eigenvalue weighted by molar-refractivity contribution is 0.485. The average Bonchev–Trinajstić information content (AvgIpc) is 2.31. The maximum Gasteiger partial charge on any atom is 0.240 e. The van der Waals surface area contributed by atoms with Crippen molar-refractivity contribution in [1.29, 1.82) is 0 Å². The third-order valence-corrected chi connectivity index (χ3v) is 3.52. The van der Waals surface area contributed by atoms with Gasteiger partial charge in [-0.1, -0.05) is 11.6 Å². The van der Waals surface area contributed by atoms with Gasteiger partial charge < -0.3 is 4.90 Å². The van der Waals surface area contributed by atoms with Gasteiger partial charge in [-0.25, -0.2) is 4.79 Å². The van der Waals surface area contributed by atoms with Crippen LogP contribution in [0.4, 0.5) is 11.4 Å². The van der Waals surface area contributed by atoms with Crippen LogP contribution in [-0.4, -0.2) is 18.7 Å². The van der Waals surface area contributed by atoms with Gasteiger partial charge in [0.05, 0.1) is 16.4 Å². The van der Waals surface area contributed by atoms with Gasteiger partial charge in [-0.15, -0.1) is 0 Å². The van der Waals surface area contributed by atoms with Crippen molar-refractivity contribution in [3.05, 3.63) is 23.2 Å². The molecule has 1 aromatic carbocycles. The van der Waals surface area contributed by atoms with Crippen molar-refractivity contribution >= 4 is 29.1 Å². The molecule has 0 amide bonds. The Hall–Kier alpha value is -1.31. The van der Waals surface area contributed by atoms with Crippen molar-refractivity contribution in [2.75, 3.05) is 11.4 Å². The summed E-state index contributed by atoms with van der Waals surface area (Å²) in [5.74, 6) is 0. The zero-order valence-corrected chi connectivity index (χ0v) is 10.6. The number of benzene rings is 1. The fraction of sp³-hybridized carbons (Fsp3) is 0.462.